The molecule has 2 aromatic heterocycles. The third-order valence-electron chi connectivity index (χ3n) is 4.24. The Bertz CT molecular complexity index is 1010. The molecule has 0 saturated heterocycles. The Labute approximate surface area is 220 Å². The highest BCUT2D eigenvalue weighted by Gasteiger charge is 2.17. The van der Waals surface area contributed by atoms with Crippen molar-refractivity contribution in [1.29, 1.82) is 0 Å². The number of ether oxygens (including phenoxy) is 1. The molecule has 3 aromatic rings. The van der Waals surface area contributed by atoms with E-state index in [1.54, 1.807) is 30.7 Å². The van der Waals surface area contributed by atoms with Crippen molar-refractivity contribution in [1.82, 2.24) is 15.3 Å². The first-order valence-corrected chi connectivity index (χ1v) is 11.4. The van der Waals surface area contributed by atoms with Gasteiger partial charge in [-0.05, 0) is 56.8 Å². The number of aromatic nitrogens is 2. The average molecular weight is 513 g/mol. The lowest BCUT2D eigenvalue weighted by molar-refractivity contribution is -0.0980. The molecule has 4 N–H and O–H groups in total. The van der Waals surface area contributed by atoms with Gasteiger partial charge < -0.3 is 30.4 Å². The molecule has 0 bridgehead atoms. The van der Waals surface area contributed by atoms with Gasteiger partial charge in [0.05, 0.1) is 18.0 Å². The maximum absolute atomic E-state index is 11.9. The summed E-state index contributed by atoms with van der Waals surface area (Å²) in [6.45, 7) is 12.7. The lowest BCUT2D eigenvalue weighted by Crippen LogP contribution is -2.09. The fraction of sp³-hybridized carbons (Fsp3) is 0.286. The highest BCUT2D eigenvalue weighted by Crippen LogP contribution is 2.32. The molecule has 202 valence electrons. The van der Waals surface area contributed by atoms with Gasteiger partial charge in [-0.2, -0.15) is 0 Å². The number of phenolic OH excluding ortho intramolecular Hbond substituents is 1. The van der Waals surface area contributed by atoms with E-state index in [0.717, 1.165) is 36.5 Å². The predicted octanol–water partition coefficient (Wildman–Crippen LogP) is 4.57. The standard InChI is InChI=1S/C22H23N3O3.C2H7N.C2H4.CH4O.CH2O/c1-3-8-24-22-20(14-26)19(10-16-4-6-17(27)7-5-16)21(13-25-22)28-18-9-15(2)11-23-12-18;1-3-2;3*1-2/h4-7,9,11-14,27H,3,8,10H2,1-2H3,(H,24,25);3H,1-2H3;1-2H2;2H,1H3;1H2. The molecule has 0 spiro atoms. The smallest absolute Gasteiger partial charge is 0.154 e. The first kappa shape index (κ1) is 35.1. The second-order valence-corrected chi connectivity index (χ2v) is 7.05. The summed E-state index contributed by atoms with van der Waals surface area (Å²) in [6, 6.07) is 8.76. The number of aliphatic hydroxyl groups excluding tert-OH is 1. The highest BCUT2D eigenvalue weighted by atomic mass is 16.5. The van der Waals surface area contributed by atoms with E-state index < -0.39 is 0 Å². The molecule has 1 aromatic carbocycles. The topological polar surface area (TPSA) is 134 Å². The van der Waals surface area contributed by atoms with Crippen LogP contribution in [0.15, 0.2) is 62.1 Å². The summed E-state index contributed by atoms with van der Waals surface area (Å²) >= 11 is 0. The van der Waals surface area contributed by atoms with Crippen LogP contribution in [0.3, 0.4) is 0 Å². The zero-order chi connectivity index (χ0) is 28.6. The Hall–Kier alpha value is -4.08. The van der Waals surface area contributed by atoms with Crippen LogP contribution in [-0.4, -0.2) is 61.0 Å². The van der Waals surface area contributed by atoms with Crippen LogP contribution in [0, 0.1) is 6.92 Å². The quantitative estimate of drug-likeness (QED) is 0.253. The lowest BCUT2D eigenvalue weighted by atomic mass is 10.00. The number of nitrogens with one attached hydrogen (secondary N) is 2. The zero-order valence-electron chi connectivity index (χ0n) is 22.5. The van der Waals surface area contributed by atoms with E-state index >= 15 is 0 Å². The number of hydrogen-bond acceptors (Lipinski definition) is 9. The number of aldehydes is 1. The van der Waals surface area contributed by atoms with Crippen molar-refractivity contribution >= 4 is 18.9 Å². The third kappa shape index (κ3) is 13.0. The molecule has 0 atom stereocenters. The maximum Gasteiger partial charge on any atom is 0.154 e. The molecule has 37 heavy (non-hydrogen) atoms. The molecule has 9 heteroatoms. The maximum atomic E-state index is 11.9. The number of nitrogens with zero attached hydrogens (tertiary/aromatic N) is 2. The number of pyridine rings is 2. The molecule has 0 unspecified atom stereocenters. The van der Waals surface area contributed by atoms with Crippen molar-refractivity contribution in [3.8, 4) is 17.2 Å². The summed E-state index contributed by atoms with van der Waals surface area (Å²) < 4.78 is 6.03. The molecule has 0 radical (unpaired) electrons. The van der Waals surface area contributed by atoms with E-state index in [1.165, 1.54) is 0 Å². The summed E-state index contributed by atoms with van der Waals surface area (Å²) in [7, 11) is 4.75. The fourth-order valence-corrected chi connectivity index (χ4v) is 2.86. The first-order valence-electron chi connectivity index (χ1n) is 11.4. The van der Waals surface area contributed by atoms with E-state index in [-0.39, 0.29) is 5.75 Å². The zero-order valence-corrected chi connectivity index (χ0v) is 22.5. The van der Waals surface area contributed by atoms with E-state index in [9.17, 15) is 9.90 Å². The van der Waals surface area contributed by atoms with E-state index in [1.807, 2.05) is 52.9 Å². The molecule has 0 fully saturated rings. The molecule has 0 aliphatic carbocycles. The average Bonchev–Trinajstić information content (AvgIpc) is 2.93. The van der Waals surface area contributed by atoms with Gasteiger partial charge in [0.1, 0.15) is 29.9 Å². The summed E-state index contributed by atoms with van der Waals surface area (Å²) in [4.78, 5) is 28.5. The monoisotopic (exact) mass is 512 g/mol. The molecule has 3 rings (SSSR count). The van der Waals surface area contributed by atoms with Gasteiger partial charge in [0, 0.05) is 31.8 Å². The number of benzene rings is 1. The van der Waals surface area contributed by atoms with Crippen LogP contribution in [0.5, 0.6) is 17.2 Å². The normalized spacial score (nSPS) is 8.81. The van der Waals surface area contributed by atoms with Gasteiger partial charge in [-0.3, -0.25) is 9.78 Å². The van der Waals surface area contributed by atoms with E-state index in [4.69, 9.17) is 14.6 Å². The van der Waals surface area contributed by atoms with Gasteiger partial charge in [0.2, 0.25) is 0 Å². The number of carbonyl (C=O) groups is 2. The van der Waals surface area contributed by atoms with E-state index in [2.05, 4.69) is 33.8 Å². The van der Waals surface area contributed by atoms with Gasteiger partial charge >= 0.3 is 0 Å². The van der Waals surface area contributed by atoms with Crippen LogP contribution in [0.25, 0.3) is 0 Å². The number of carbonyl (C=O) groups excluding carboxylic acids is 2. The Morgan fingerprint density at radius 3 is 2.16 bits per heavy atom. The van der Waals surface area contributed by atoms with Crippen molar-refractivity contribution in [2.24, 2.45) is 0 Å². The molecular weight excluding hydrogens is 472 g/mol. The van der Waals surface area contributed by atoms with Crippen LogP contribution in [0.1, 0.15) is 40.4 Å². The molecule has 0 saturated carbocycles. The van der Waals surface area contributed by atoms with Gasteiger partial charge in [-0.25, -0.2) is 4.98 Å². The van der Waals surface area contributed by atoms with Crippen molar-refractivity contribution < 1.29 is 24.5 Å². The Morgan fingerprint density at radius 2 is 1.65 bits per heavy atom. The molecule has 0 aliphatic rings. The van der Waals surface area contributed by atoms with Gasteiger partial charge in [-0.15, -0.1) is 13.2 Å². The van der Waals surface area contributed by atoms with Crippen LogP contribution in [-0.2, 0) is 11.2 Å². The van der Waals surface area contributed by atoms with Crippen molar-refractivity contribution in [3.63, 3.8) is 0 Å². The first-order chi connectivity index (χ1) is 18.0. The van der Waals surface area contributed by atoms with Crippen LogP contribution in [0.4, 0.5) is 5.82 Å². The van der Waals surface area contributed by atoms with Crippen molar-refractivity contribution in [2.75, 3.05) is 33.1 Å². The number of rotatable bonds is 8. The molecule has 0 aliphatic heterocycles. The minimum atomic E-state index is 0.196. The molecule has 0 amide bonds. The highest BCUT2D eigenvalue weighted by molar-refractivity contribution is 5.86. The summed E-state index contributed by atoms with van der Waals surface area (Å²) in [5, 5.41) is 22.5. The summed E-state index contributed by atoms with van der Waals surface area (Å²) in [5.74, 6) is 1.83. The van der Waals surface area contributed by atoms with E-state index in [0.29, 0.717) is 35.8 Å². The minimum Gasteiger partial charge on any atom is -0.508 e. The Balaban J connectivity index is 0. The fourth-order valence-electron chi connectivity index (χ4n) is 2.86. The second-order valence-electron chi connectivity index (χ2n) is 7.05. The number of hydrogen-bond donors (Lipinski definition) is 4. The van der Waals surface area contributed by atoms with Gasteiger partial charge in [0.15, 0.2) is 6.29 Å². The SMILES string of the molecule is C=C.C=O.CCCNc1ncc(Oc2cncc(C)c2)c(Cc2ccc(O)cc2)c1C=O.CNC.CO. The number of phenols is 1. The predicted molar refractivity (Wildman–Crippen MR) is 150 cm³/mol. The van der Waals surface area contributed by atoms with Crippen LogP contribution in [0.2, 0.25) is 0 Å². The van der Waals surface area contributed by atoms with Crippen LogP contribution >= 0.6 is 0 Å². The number of aliphatic hydroxyl groups is 1. The Kier molecular flexibility index (Phi) is 21.2. The van der Waals surface area contributed by atoms with Crippen molar-refractivity contribution in [2.45, 2.75) is 26.7 Å². The number of anilines is 1. The Morgan fingerprint density at radius 1 is 1.05 bits per heavy atom. The minimum absolute atomic E-state index is 0.196. The largest absolute Gasteiger partial charge is 0.508 e. The second kappa shape index (κ2) is 22.4. The molecular formula is C28H40N4O5. The van der Waals surface area contributed by atoms with Crippen LogP contribution < -0.4 is 15.4 Å². The van der Waals surface area contributed by atoms with Gasteiger partial charge in [-0.1, -0.05) is 19.1 Å². The summed E-state index contributed by atoms with van der Waals surface area (Å²) in [6.07, 6.45) is 7.19. The number of aromatic hydroxyl groups is 1. The van der Waals surface area contributed by atoms with Gasteiger partial charge in [0.25, 0.3) is 0 Å². The molecule has 2 heterocycles. The summed E-state index contributed by atoms with van der Waals surface area (Å²) in [5.41, 5.74) is 3.12. The molecule has 9 nitrogen and oxygen atoms in total. The third-order valence-corrected chi connectivity index (χ3v) is 4.24. The van der Waals surface area contributed by atoms with Crippen molar-refractivity contribution in [3.05, 3.63) is 84.3 Å². The lowest BCUT2D eigenvalue weighted by Gasteiger charge is -2.16. The number of aryl methyl sites for hydroxylation is 1.